The lowest BCUT2D eigenvalue weighted by molar-refractivity contribution is -0.274. The first kappa shape index (κ1) is 82.5. The number of hydrogen-bond acceptors (Lipinski definition) is 17. The molecule has 15 aromatic rings. The van der Waals surface area contributed by atoms with Gasteiger partial charge in [-0.15, -0.1) is 13.2 Å². The number of carbonyl (C=O) groups excluding carboxylic acids is 3. The second kappa shape index (κ2) is 33.8. The number of hydrogen-bond donors (Lipinski definition) is 0. The first-order chi connectivity index (χ1) is 55.0. The van der Waals surface area contributed by atoms with Gasteiger partial charge in [0.05, 0.1) is 67.1 Å². The Bertz CT molecular complexity index is 6580. The molecule has 0 fully saturated rings. The van der Waals surface area contributed by atoms with Gasteiger partial charge in [0.15, 0.2) is 58.0 Å². The molecule has 1 unspecified atom stereocenters. The Kier molecular flexibility index (Phi) is 24.0. The van der Waals surface area contributed by atoms with E-state index in [0.29, 0.717) is 69.0 Å². The van der Waals surface area contributed by atoms with Crippen molar-refractivity contribution >= 4 is 133 Å². The van der Waals surface area contributed by atoms with Crippen molar-refractivity contribution in [2.45, 2.75) is 91.6 Å². The van der Waals surface area contributed by atoms with Crippen molar-refractivity contribution in [3.05, 3.63) is 296 Å². The lowest BCUT2D eigenvalue weighted by Crippen LogP contribution is -2.34. The molecule has 0 N–H and O–H groups in total. The number of rotatable bonds is 26. The van der Waals surface area contributed by atoms with Gasteiger partial charge in [0.25, 0.3) is 0 Å². The largest absolute Gasteiger partial charge is 0.573 e. The average molecular weight is 1780 g/mol. The molecule has 598 valence electrons. The summed E-state index contributed by atoms with van der Waals surface area (Å²) in [6.45, 7) is 2.75. The SMILES string of the molecule is Cc1cc(CC(=O)C(Cc2ccc(OC(F)(F)F)cc2)S(=O)(=O)c2cn(Cc3ccc(OC(C)(F)F)cc3)c3ccccc23)no1.O=C(Cc1nc2ccccc2o1)CS(=O)(=O)c1cn(Cc2cccc(Br)c2)c2cc(F)cc(F)c12.O=C(Cc1noc2ccccc12)CS(=O)(=O)c1cn(Cc2cccc(Br)c2)c2cc(F)cc(F)c12. The van der Waals surface area contributed by atoms with Gasteiger partial charge >= 0.3 is 12.5 Å². The van der Waals surface area contributed by atoms with Crippen molar-refractivity contribution in [1.29, 1.82) is 0 Å². The van der Waals surface area contributed by atoms with Crippen LogP contribution in [0.15, 0.2) is 256 Å². The predicted octanol–water partition coefficient (Wildman–Crippen LogP) is 18.0. The lowest BCUT2D eigenvalue weighted by Gasteiger charge is -2.17. The first-order valence-electron chi connectivity index (χ1n) is 34.9. The molecule has 6 heterocycles. The van der Waals surface area contributed by atoms with Gasteiger partial charge in [-0.2, -0.15) is 8.78 Å². The molecule has 1 atom stereocenters. The molecule has 0 saturated carbocycles. The predicted molar refractivity (Wildman–Crippen MR) is 416 cm³/mol. The highest BCUT2D eigenvalue weighted by atomic mass is 79.9. The van der Waals surface area contributed by atoms with E-state index >= 15 is 0 Å². The zero-order chi connectivity index (χ0) is 82.8. The molecular weight excluding hydrogens is 1720 g/mol. The fourth-order valence-electron chi connectivity index (χ4n) is 13.1. The highest BCUT2D eigenvalue weighted by Crippen LogP contribution is 2.37. The number of oxazole rings is 1. The third kappa shape index (κ3) is 19.7. The number of fused-ring (bicyclic) bond motifs is 5. The number of sulfone groups is 3. The molecule has 0 aliphatic rings. The van der Waals surface area contributed by atoms with Crippen LogP contribution in [-0.4, -0.2) is 101 Å². The number of Topliss-reactive ketones (excluding diaryl/α,β-unsaturated/α-hetero) is 3. The molecule has 15 rings (SSSR count). The van der Waals surface area contributed by atoms with Gasteiger partial charge in [-0.3, -0.25) is 14.4 Å². The Morgan fingerprint density at radius 3 is 1.54 bits per heavy atom. The maximum Gasteiger partial charge on any atom is 0.573 e. The molecule has 116 heavy (non-hydrogen) atoms. The maximum absolute atomic E-state index is 14.8. The Morgan fingerprint density at radius 1 is 0.500 bits per heavy atom. The maximum atomic E-state index is 14.8. The number of ether oxygens (including phenoxy) is 2. The molecule has 0 radical (unpaired) electrons. The molecule has 0 aliphatic carbocycles. The van der Waals surface area contributed by atoms with E-state index in [1.807, 2.05) is 36.4 Å². The fourth-order valence-corrected chi connectivity index (χ4v) is 18.9. The number of ketones is 3. The van der Waals surface area contributed by atoms with Crippen LogP contribution in [0.1, 0.15) is 52.2 Å². The second-order valence-electron chi connectivity index (χ2n) is 26.9. The molecule has 0 aliphatic heterocycles. The van der Waals surface area contributed by atoms with Crippen molar-refractivity contribution in [1.82, 2.24) is 29.0 Å². The monoisotopic (exact) mass is 1780 g/mol. The molecule has 34 heteroatoms. The van der Waals surface area contributed by atoms with Gasteiger partial charge in [0.2, 0.25) is 5.89 Å². The second-order valence-corrected chi connectivity index (χ2v) is 34.8. The van der Waals surface area contributed by atoms with Crippen molar-refractivity contribution in [2.75, 3.05) is 11.5 Å². The highest BCUT2D eigenvalue weighted by Gasteiger charge is 2.38. The molecule has 0 amide bonds. The Morgan fingerprint density at radius 2 is 1.00 bits per heavy atom. The van der Waals surface area contributed by atoms with E-state index in [1.54, 1.807) is 109 Å². The standard InChI is InChI=1S/C32H27F5N2O6S.2C25H17BrF2N2O4S/c1-20-15-23(38-45-20)17-28(40)29(16-21-7-11-25(12-8-21)44-32(35,36)37)46(41,42)30-19-39(27-6-4-3-5-26(27)30)18-22-9-13-24(14-10-22)43-31(2,33)34;26-16-5-3-4-15(8-16)12-30-13-23(25-19(28)9-17(27)10-21(25)30)35(32,33)14-18(31)11-24-29-20-6-1-2-7-22(20)34-24;26-16-5-3-4-15(8-16)12-30-13-24(25-20(28)9-17(27)10-22(25)30)35(32,33)14-18(31)11-21-19-6-1-2-7-23(19)34-29-21/h3-15,19,29H,16-18H2,1-2H3;2*1-10,13H,11-12,14H2. The lowest BCUT2D eigenvalue weighted by atomic mass is 10.0. The molecule has 6 aromatic heterocycles. The summed E-state index contributed by atoms with van der Waals surface area (Å²) in [4.78, 5) is 42.4. The van der Waals surface area contributed by atoms with Crippen LogP contribution in [0.25, 0.3) is 54.8 Å². The number of aryl methyl sites for hydroxylation is 1. The fraction of sp³-hybridized carbons (Fsp3) is 0.171. The number of halogens is 11. The van der Waals surface area contributed by atoms with Crippen LogP contribution in [0.5, 0.6) is 11.5 Å². The molecule has 0 bridgehead atoms. The van der Waals surface area contributed by atoms with Crippen molar-refractivity contribution in [3.63, 3.8) is 0 Å². The summed E-state index contributed by atoms with van der Waals surface area (Å²) in [7, 11) is -12.9. The van der Waals surface area contributed by atoms with Gasteiger partial charge in [0, 0.05) is 88.6 Å². The summed E-state index contributed by atoms with van der Waals surface area (Å²) in [5.41, 5.74) is 5.29. The van der Waals surface area contributed by atoms with Crippen LogP contribution in [0.3, 0.4) is 0 Å². The number of alkyl halides is 5. The number of carbonyl (C=O) groups is 3. The van der Waals surface area contributed by atoms with Crippen LogP contribution < -0.4 is 9.47 Å². The third-order valence-electron chi connectivity index (χ3n) is 18.1. The van der Waals surface area contributed by atoms with Crippen molar-refractivity contribution in [3.8, 4) is 11.5 Å². The van der Waals surface area contributed by atoms with Crippen LogP contribution >= 0.6 is 31.9 Å². The van der Waals surface area contributed by atoms with Crippen LogP contribution in [0, 0.1) is 30.2 Å². The molecule has 9 aromatic carbocycles. The minimum absolute atomic E-state index is 0.0430. The van der Waals surface area contributed by atoms with E-state index in [4.69, 9.17) is 13.5 Å². The van der Waals surface area contributed by atoms with Crippen molar-refractivity contribution in [2.24, 2.45) is 0 Å². The Hall–Kier alpha value is -11.5. The van der Waals surface area contributed by atoms with E-state index in [0.717, 1.165) is 44.3 Å². The summed E-state index contributed by atoms with van der Waals surface area (Å²) in [5.74, 6) is -7.43. The summed E-state index contributed by atoms with van der Waals surface area (Å²) in [6, 6.07) is 50.5. The van der Waals surface area contributed by atoms with Gasteiger partial charge < -0.3 is 36.6 Å². The minimum atomic E-state index is -4.91. The Balaban J connectivity index is 0.000000153. The van der Waals surface area contributed by atoms with Gasteiger partial charge in [0.1, 0.15) is 62.8 Å². The highest BCUT2D eigenvalue weighted by molar-refractivity contribution is 9.10. The first-order valence-corrected chi connectivity index (χ1v) is 41.3. The number of nitrogens with zero attached hydrogens (tertiary/aromatic N) is 6. The van der Waals surface area contributed by atoms with Crippen LogP contribution in [0.2, 0.25) is 0 Å². The quantitative estimate of drug-likeness (QED) is 0.0456. The van der Waals surface area contributed by atoms with Gasteiger partial charge in [-0.1, -0.05) is 133 Å². The number of benzene rings is 9. The topological polar surface area (TPSA) is 265 Å². The van der Waals surface area contributed by atoms with E-state index in [2.05, 4.69) is 56.6 Å². The average Bonchev–Trinajstić information content (AvgIpc) is 1.60. The van der Waals surface area contributed by atoms with E-state index in [-0.39, 0.29) is 105 Å². The number of aromatic nitrogens is 6. The van der Waals surface area contributed by atoms with Gasteiger partial charge in [-0.25, -0.2) is 47.8 Å². The summed E-state index contributed by atoms with van der Waals surface area (Å²) in [6.07, 6.45) is -5.66. The summed E-state index contributed by atoms with van der Waals surface area (Å²) >= 11 is 6.75. The molecule has 20 nitrogen and oxygen atoms in total. The van der Waals surface area contributed by atoms with Crippen LogP contribution in [-0.2, 0) is 89.2 Å². The van der Waals surface area contributed by atoms with Crippen LogP contribution in [0.4, 0.5) is 39.5 Å². The zero-order valence-electron chi connectivity index (χ0n) is 60.5. The van der Waals surface area contributed by atoms with E-state index in [1.165, 1.54) is 58.1 Å². The minimum Gasteiger partial charge on any atom is -0.440 e. The third-order valence-corrected chi connectivity index (χ3v) is 24.5. The van der Waals surface area contributed by atoms with E-state index < -0.39 is 105 Å². The van der Waals surface area contributed by atoms with E-state index in [9.17, 15) is 79.2 Å². The molecule has 0 saturated heterocycles. The van der Waals surface area contributed by atoms with Gasteiger partial charge in [-0.05, 0) is 127 Å². The zero-order valence-corrected chi connectivity index (χ0v) is 66.1. The summed E-state index contributed by atoms with van der Waals surface area (Å²) in [5, 5.41) is 6.50. The Labute approximate surface area is 671 Å². The molecule has 0 spiro atoms. The number of para-hydroxylation sites is 4. The normalized spacial score (nSPS) is 12.4. The van der Waals surface area contributed by atoms with Crippen molar-refractivity contribution < 1.29 is 102 Å². The smallest absolute Gasteiger partial charge is 0.440 e. The summed E-state index contributed by atoms with van der Waals surface area (Å²) < 4.78 is 234. The molecular formula is C82H61Br2F9N6O14S3.